The van der Waals surface area contributed by atoms with Crippen molar-refractivity contribution < 1.29 is 23.5 Å². The fraction of sp³-hybridized carbons (Fsp3) is 0.667. The zero-order valence-corrected chi connectivity index (χ0v) is 10.8. The molecule has 0 aromatic heterocycles. The Hall–Kier alpha value is -1.63. The Kier molecular flexibility index (Phi) is 4.04. The molecule has 19 heavy (non-hydrogen) atoms. The summed E-state index contributed by atoms with van der Waals surface area (Å²) in [4.78, 5) is 23.7. The van der Waals surface area contributed by atoms with Crippen molar-refractivity contribution in [3.63, 3.8) is 0 Å². The number of urea groups is 1. The van der Waals surface area contributed by atoms with Crippen molar-refractivity contribution in [1.29, 1.82) is 0 Å². The lowest BCUT2D eigenvalue weighted by Gasteiger charge is -2.30. The third-order valence-electron chi connectivity index (χ3n) is 3.22. The minimum absolute atomic E-state index is 0.142. The third-order valence-corrected chi connectivity index (χ3v) is 3.22. The summed E-state index contributed by atoms with van der Waals surface area (Å²) < 4.78 is 24.3. The van der Waals surface area contributed by atoms with E-state index in [4.69, 9.17) is 9.47 Å². The van der Waals surface area contributed by atoms with E-state index in [1.807, 2.05) is 0 Å². The first-order valence-electron chi connectivity index (χ1n) is 6.16. The van der Waals surface area contributed by atoms with Crippen molar-refractivity contribution in [3.05, 3.63) is 12.3 Å². The molecule has 1 saturated heterocycles. The van der Waals surface area contributed by atoms with Gasteiger partial charge in [-0.3, -0.25) is 9.69 Å². The van der Waals surface area contributed by atoms with Gasteiger partial charge in [-0.15, -0.1) is 0 Å². The van der Waals surface area contributed by atoms with E-state index < -0.39 is 30.4 Å². The Bertz CT molecular complexity index is 401. The second-order valence-electron chi connectivity index (χ2n) is 4.65. The van der Waals surface area contributed by atoms with Crippen molar-refractivity contribution in [3.8, 4) is 0 Å². The molecule has 0 aliphatic carbocycles. The Morgan fingerprint density at radius 3 is 3.05 bits per heavy atom. The van der Waals surface area contributed by atoms with Gasteiger partial charge in [-0.05, 0) is 6.08 Å². The Morgan fingerprint density at radius 2 is 2.42 bits per heavy atom. The molecule has 1 fully saturated rings. The number of hydrogen-bond acceptors (Lipinski definition) is 4. The predicted octanol–water partition coefficient (Wildman–Crippen LogP) is 0.788. The van der Waals surface area contributed by atoms with Crippen LogP contribution in [0.5, 0.6) is 0 Å². The average molecular weight is 272 g/mol. The first-order chi connectivity index (χ1) is 9.00. The van der Waals surface area contributed by atoms with Gasteiger partial charge in [0, 0.05) is 25.6 Å². The van der Waals surface area contributed by atoms with Gasteiger partial charge in [-0.25, -0.2) is 9.18 Å². The molecular weight excluding hydrogens is 255 g/mol. The summed E-state index contributed by atoms with van der Waals surface area (Å²) in [5.41, 5.74) is 0. The highest BCUT2D eigenvalue weighted by Gasteiger charge is 2.46. The summed E-state index contributed by atoms with van der Waals surface area (Å²) >= 11 is 0. The van der Waals surface area contributed by atoms with E-state index in [2.05, 4.69) is 5.32 Å². The molecule has 106 valence electrons. The first kappa shape index (κ1) is 13.8. The summed E-state index contributed by atoms with van der Waals surface area (Å²) in [7, 11) is 0. The van der Waals surface area contributed by atoms with Crippen LogP contribution >= 0.6 is 0 Å². The van der Waals surface area contributed by atoms with Gasteiger partial charge in [0.1, 0.15) is 25.1 Å². The predicted molar refractivity (Wildman–Crippen MR) is 63.7 cm³/mol. The van der Waals surface area contributed by atoms with Crippen molar-refractivity contribution in [2.45, 2.75) is 32.4 Å². The topological polar surface area (TPSA) is 67.9 Å². The average Bonchev–Trinajstić information content (AvgIpc) is 2.65. The van der Waals surface area contributed by atoms with Crippen LogP contribution in [0.3, 0.4) is 0 Å². The van der Waals surface area contributed by atoms with Gasteiger partial charge in [-0.2, -0.15) is 0 Å². The van der Waals surface area contributed by atoms with E-state index in [0.717, 1.165) is 0 Å². The number of carbonyl (C=O) groups is 2. The van der Waals surface area contributed by atoms with Gasteiger partial charge < -0.3 is 14.8 Å². The van der Waals surface area contributed by atoms with Crippen LogP contribution in [0, 0.1) is 5.92 Å². The van der Waals surface area contributed by atoms with Crippen molar-refractivity contribution in [2.24, 2.45) is 5.92 Å². The maximum atomic E-state index is 14.1. The summed E-state index contributed by atoms with van der Waals surface area (Å²) in [5, 5.41) is 2.62. The molecule has 4 atom stereocenters. The maximum Gasteiger partial charge on any atom is 0.323 e. The minimum Gasteiger partial charge on any atom is -0.463 e. The van der Waals surface area contributed by atoms with Crippen molar-refractivity contribution in [1.82, 2.24) is 10.2 Å². The highest BCUT2D eigenvalue weighted by Crippen LogP contribution is 2.32. The number of rotatable bonds is 3. The highest BCUT2D eigenvalue weighted by atomic mass is 19.1. The van der Waals surface area contributed by atoms with E-state index in [1.54, 1.807) is 19.2 Å². The zero-order valence-electron chi connectivity index (χ0n) is 10.8. The molecule has 0 unspecified atom stereocenters. The largest absolute Gasteiger partial charge is 0.463 e. The Balaban J connectivity index is 2.03. The van der Waals surface area contributed by atoms with Crippen molar-refractivity contribution >= 4 is 12.0 Å². The molecule has 0 aromatic rings. The molecule has 0 aromatic carbocycles. The van der Waals surface area contributed by atoms with E-state index in [9.17, 15) is 14.0 Å². The van der Waals surface area contributed by atoms with Crippen LogP contribution in [0.15, 0.2) is 12.3 Å². The number of nitrogens with one attached hydrogen (secondary N) is 1. The molecule has 6 nitrogen and oxygen atoms in total. The molecule has 0 bridgehead atoms. The lowest BCUT2D eigenvalue weighted by atomic mass is 10.0. The SMILES string of the molecule is CC(=O)OC[C@H]1O[C@@H](N2C=CCNC2=O)[C@@H](C)[C@@H]1F. The standard InChI is InChI=1S/C12H17FN2O4/c1-7-10(13)9(6-18-8(2)16)19-11(7)15-5-3-4-14-12(15)17/h3,5,7,9-11H,4,6H2,1-2H3,(H,14,17)/t7-,9+,10-,11+/m0/s1. The highest BCUT2D eigenvalue weighted by molar-refractivity contribution is 5.76. The van der Waals surface area contributed by atoms with Crippen molar-refractivity contribution in [2.75, 3.05) is 13.2 Å². The molecule has 1 N–H and O–H groups in total. The second-order valence-corrected chi connectivity index (χ2v) is 4.65. The third kappa shape index (κ3) is 2.86. The van der Waals surface area contributed by atoms with E-state index in [1.165, 1.54) is 11.8 Å². The van der Waals surface area contributed by atoms with Gasteiger partial charge in [0.25, 0.3) is 0 Å². The zero-order chi connectivity index (χ0) is 14.0. The molecule has 0 spiro atoms. The Morgan fingerprint density at radius 1 is 1.68 bits per heavy atom. The number of amides is 2. The molecular formula is C12H17FN2O4. The summed E-state index contributed by atoms with van der Waals surface area (Å²) in [6, 6.07) is -0.320. The second kappa shape index (κ2) is 5.56. The normalized spacial score (nSPS) is 34.3. The fourth-order valence-electron chi connectivity index (χ4n) is 2.20. The summed E-state index contributed by atoms with van der Waals surface area (Å²) in [6.07, 6.45) is 0.525. The first-order valence-corrected chi connectivity index (χ1v) is 6.16. The minimum atomic E-state index is -1.28. The Labute approximate surface area is 110 Å². The molecule has 2 rings (SSSR count). The smallest absolute Gasteiger partial charge is 0.323 e. The van der Waals surface area contributed by atoms with Gasteiger partial charge >= 0.3 is 12.0 Å². The van der Waals surface area contributed by atoms with Gasteiger partial charge in [0.05, 0.1) is 0 Å². The van der Waals surface area contributed by atoms with Gasteiger partial charge in [0.15, 0.2) is 0 Å². The van der Waals surface area contributed by atoms with E-state index >= 15 is 0 Å². The van der Waals surface area contributed by atoms with Crippen LogP contribution in [-0.4, -0.2) is 48.6 Å². The quantitative estimate of drug-likeness (QED) is 0.771. The van der Waals surface area contributed by atoms with Gasteiger partial charge in [-0.1, -0.05) is 6.92 Å². The molecule has 7 heteroatoms. The lowest BCUT2D eigenvalue weighted by Crippen LogP contribution is -2.47. The van der Waals surface area contributed by atoms with Crippen LogP contribution < -0.4 is 5.32 Å². The van der Waals surface area contributed by atoms with Gasteiger partial charge in [0.2, 0.25) is 0 Å². The van der Waals surface area contributed by atoms with E-state index in [0.29, 0.717) is 6.54 Å². The van der Waals surface area contributed by atoms with Crippen LogP contribution in [0.25, 0.3) is 0 Å². The molecule has 0 radical (unpaired) electrons. The van der Waals surface area contributed by atoms with Crippen LogP contribution in [0.4, 0.5) is 9.18 Å². The molecule has 0 saturated carbocycles. The number of halogens is 1. The molecule has 2 amide bonds. The number of esters is 1. The fourth-order valence-corrected chi connectivity index (χ4v) is 2.20. The van der Waals surface area contributed by atoms with Crippen LogP contribution in [0.1, 0.15) is 13.8 Å². The number of carbonyl (C=O) groups excluding carboxylic acids is 2. The molecule has 2 heterocycles. The monoisotopic (exact) mass is 272 g/mol. The van der Waals surface area contributed by atoms with E-state index in [-0.39, 0.29) is 12.6 Å². The van der Waals surface area contributed by atoms with Crippen LogP contribution in [0.2, 0.25) is 0 Å². The van der Waals surface area contributed by atoms with Crippen LogP contribution in [-0.2, 0) is 14.3 Å². The number of nitrogens with zero attached hydrogens (tertiary/aromatic N) is 1. The number of ether oxygens (including phenoxy) is 2. The number of hydrogen-bond donors (Lipinski definition) is 1. The maximum absolute atomic E-state index is 14.1. The lowest BCUT2D eigenvalue weighted by molar-refractivity contribution is -0.147. The molecule has 2 aliphatic heterocycles. The summed E-state index contributed by atoms with van der Waals surface area (Å²) in [6.45, 7) is 3.23. The number of alkyl halides is 1. The molecule has 2 aliphatic rings. The summed E-state index contributed by atoms with van der Waals surface area (Å²) in [5.74, 6) is -0.975.